The first kappa shape index (κ1) is 13.4. The van der Waals surface area contributed by atoms with Gasteiger partial charge in [-0.3, -0.25) is 0 Å². The van der Waals surface area contributed by atoms with Gasteiger partial charge < -0.3 is 10.1 Å². The molecule has 2 aliphatic carbocycles. The van der Waals surface area contributed by atoms with Crippen LogP contribution in [0.2, 0.25) is 0 Å². The van der Waals surface area contributed by atoms with Crippen LogP contribution in [0.5, 0.6) is 0 Å². The first-order valence-corrected chi connectivity index (χ1v) is 7.59. The van der Waals surface area contributed by atoms with E-state index in [1.807, 2.05) is 0 Å². The van der Waals surface area contributed by atoms with Gasteiger partial charge in [-0.05, 0) is 56.9 Å². The van der Waals surface area contributed by atoms with Crippen molar-refractivity contribution in [3.05, 3.63) is 0 Å². The first-order valence-electron chi connectivity index (χ1n) is 7.59. The highest BCUT2D eigenvalue weighted by Crippen LogP contribution is 2.34. The fraction of sp³-hybridized carbons (Fsp3) is 1.00. The van der Waals surface area contributed by atoms with Crippen LogP contribution in [0.25, 0.3) is 0 Å². The van der Waals surface area contributed by atoms with Crippen LogP contribution in [0, 0.1) is 11.8 Å². The van der Waals surface area contributed by atoms with Crippen molar-refractivity contribution in [3.8, 4) is 0 Å². The maximum atomic E-state index is 6.31. The predicted octanol–water partition coefficient (Wildman–Crippen LogP) is 3.36. The molecule has 0 radical (unpaired) electrons. The number of likely N-dealkylation sites (N-methyl/N-ethyl adjacent to an activating group) is 1. The summed E-state index contributed by atoms with van der Waals surface area (Å²) < 4.78 is 6.31. The highest BCUT2D eigenvalue weighted by molar-refractivity contribution is 4.88. The quantitative estimate of drug-likeness (QED) is 0.794. The fourth-order valence-corrected chi connectivity index (χ4v) is 3.17. The second-order valence-electron chi connectivity index (χ2n) is 6.21. The zero-order chi connectivity index (χ0) is 12.3. The molecule has 0 bridgehead atoms. The molecule has 2 heteroatoms. The molecule has 3 unspecified atom stereocenters. The SMILES string of the molecule is CCNC1CCC(C(C)C)CC1OC1CCC1. The largest absolute Gasteiger partial charge is 0.373 e. The predicted molar refractivity (Wildman–Crippen MR) is 72.2 cm³/mol. The number of hydrogen-bond donors (Lipinski definition) is 1. The van der Waals surface area contributed by atoms with Crippen molar-refractivity contribution >= 4 is 0 Å². The van der Waals surface area contributed by atoms with Crippen molar-refractivity contribution in [3.63, 3.8) is 0 Å². The van der Waals surface area contributed by atoms with E-state index in [0.717, 1.165) is 18.4 Å². The lowest BCUT2D eigenvalue weighted by Crippen LogP contribution is -2.48. The molecule has 0 aromatic heterocycles. The Labute approximate surface area is 107 Å². The van der Waals surface area contributed by atoms with Crippen LogP contribution in [-0.2, 0) is 4.74 Å². The smallest absolute Gasteiger partial charge is 0.0734 e. The zero-order valence-electron chi connectivity index (χ0n) is 11.7. The van der Waals surface area contributed by atoms with E-state index >= 15 is 0 Å². The van der Waals surface area contributed by atoms with Crippen LogP contribution in [0.1, 0.15) is 59.3 Å². The first-order chi connectivity index (χ1) is 8.20. The van der Waals surface area contributed by atoms with Crippen LogP contribution >= 0.6 is 0 Å². The highest BCUT2D eigenvalue weighted by Gasteiger charge is 2.34. The van der Waals surface area contributed by atoms with E-state index < -0.39 is 0 Å². The topological polar surface area (TPSA) is 21.3 Å². The molecule has 100 valence electrons. The van der Waals surface area contributed by atoms with Gasteiger partial charge in [0.1, 0.15) is 0 Å². The van der Waals surface area contributed by atoms with Crippen molar-refractivity contribution in [1.29, 1.82) is 0 Å². The molecule has 2 saturated carbocycles. The lowest BCUT2D eigenvalue weighted by Gasteiger charge is -2.41. The summed E-state index contributed by atoms with van der Waals surface area (Å²) in [6.45, 7) is 7.99. The molecule has 0 saturated heterocycles. The Morgan fingerprint density at radius 3 is 2.47 bits per heavy atom. The van der Waals surface area contributed by atoms with Crippen LogP contribution in [0.3, 0.4) is 0 Å². The van der Waals surface area contributed by atoms with Gasteiger partial charge in [0.15, 0.2) is 0 Å². The van der Waals surface area contributed by atoms with Gasteiger partial charge in [0, 0.05) is 6.04 Å². The van der Waals surface area contributed by atoms with Crippen LogP contribution in [-0.4, -0.2) is 24.8 Å². The Bertz CT molecular complexity index is 225. The molecule has 2 aliphatic rings. The molecule has 3 atom stereocenters. The summed E-state index contributed by atoms with van der Waals surface area (Å²) in [6, 6.07) is 0.607. The maximum absolute atomic E-state index is 6.31. The second kappa shape index (κ2) is 6.19. The molecule has 0 aromatic rings. The number of rotatable bonds is 5. The van der Waals surface area contributed by atoms with E-state index in [4.69, 9.17) is 4.74 Å². The zero-order valence-corrected chi connectivity index (χ0v) is 11.7. The molecule has 1 N–H and O–H groups in total. The van der Waals surface area contributed by atoms with Crippen molar-refractivity contribution in [2.24, 2.45) is 11.8 Å². The van der Waals surface area contributed by atoms with Crippen molar-refractivity contribution in [2.75, 3.05) is 6.54 Å². The average molecular weight is 239 g/mol. The summed E-state index contributed by atoms with van der Waals surface area (Å²) >= 11 is 0. The molecule has 2 nitrogen and oxygen atoms in total. The summed E-state index contributed by atoms with van der Waals surface area (Å²) in [6.07, 6.45) is 8.95. The fourth-order valence-electron chi connectivity index (χ4n) is 3.17. The Kier molecular flexibility index (Phi) is 4.87. The summed E-state index contributed by atoms with van der Waals surface area (Å²) in [5.41, 5.74) is 0. The number of hydrogen-bond acceptors (Lipinski definition) is 2. The number of ether oxygens (including phenoxy) is 1. The van der Waals surface area contributed by atoms with E-state index in [-0.39, 0.29) is 0 Å². The third kappa shape index (κ3) is 3.45. The van der Waals surface area contributed by atoms with Crippen LogP contribution < -0.4 is 5.32 Å². The second-order valence-corrected chi connectivity index (χ2v) is 6.21. The summed E-state index contributed by atoms with van der Waals surface area (Å²) in [5.74, 6) is 1.68. The Hall–Kier alpha value is -0.0800. The molecule has 2 fully saturated rings. The lowest BCUT2D eigenvalue weighted by molar-refractivity contribution is -0.0894. The normalized spacial score (nSPS) is 34.9. The molecule has 0 aromatic carbocycles. The van der Waals surface area contributed by atoms with Gasteiger partial charge >= 0.3 is 0 Å². The monoisotopic (exact) mass is 239 g/mol. The summed E-state index contributed by atoms with van der Waals surface area (Å²) in [7, 11) is 0. The molecule has 2 rings (SSSR count). The van der Waals surface area contributed by atoms with Gasteiger partial charge in [0.05, 0.1) is 12.2 Å². The van der Waals surface area contributed by atoms with E-state index in [0.29, 0.717) is 18.2 Å². The van der Waals surface area contributed by atoms with Crippen molar-refractivity contribution < 1.29 is 4.74 Å². The van der Waals surface area contributed by atoms with E-state index in [9.17, 15) is 0 Å². The standard InChI is InChI=1S/C15H29NO/c1-4-16-14-9-8-12(11(2)3)10-15(14)17-13-6-5-7-13/h11-16H,4-10H2,1-3H3. The van der Waals surface area contributed by atoms with Crippen LogP contribution in [0.4, 0.5) is 0 Å². The van der Waals surface area contributed by atoms with E-state index in [1.54, 1.807) is 0 Å². The van der Waals surface area contributed by atoms with Gasteiger partial charge in [0.25, 0.3) is 0 Å². The minimum atomic E-state index is 0.474. The molecule has 0 amide bonds. The van der Waals surface area contributed by atoms with Gasteiger partial charge in [-0.1, -0.05) is 20.8 Å². The Morgan fingerprint density at radius 1 is 1.18 bits per heavy atom. The minimum absolute atomic E-state index is 0.474. The summed E-state index contributed by atoms with van der Waals surface area (Å²) in [5, 5.41) is 3.62. The highest BCUT2D eigenvalue weighted by atomic mass is 16.5. The van der Waals surface area contributed by atoms with Gasteiger partial charge in [-0.15, -0.1) is 0 Å². The van der Waals surface area contributed by atoms with Crippen molar-refractivity contribution in [2.45, 2.75) is 77.5 Å². The average Bonchev–Trinajstić information content (AvgIpc) is 2.25. The maximum Gasteiger partial charge on any atom is 0.0734 e. The van der Waals surface area contributed by atoms with Gasteiger partial charge in [-0.25, -0.2) is 0 Å². The van der Waals surface area contributed by atoms with Gasteiger partial charge in [-0.2, -0.15) is 0 Å². The Balaban J connectivity index is 1.88. The third-order valence-corrected chi connectivity index (χ3v) is 4.66. The van der Waals surface area contributed by atoms with E-state index in [2.05, 4.69) is 26.1 Å². The third-order valence-electron chi connectivity index (χ3n) is 4.66. The number of nitrogens with one attached hydrogen (secondary N) is 1. The van der Waals surface area contributed by atoms with Gasteiger partial charge in [0.2, 0.25) is 0 Å². The van der Waals surface area contributed by atoms with E-state index in [1.165, 1.54) is 38.5 Å². The Morgan fingerprint density at radius 2 is 1.94 bits per heavy atom. The molecule has 0 heterocycles. The lowest BCUT2D eigenvalue weighted by atomic mass is 9.77. The van der Waals surface area contributed by atoms with Crippen molar-refractivity contribution in [1.82, 2.24) is 5.32 Å². The minimum Gasteiger partial charge on any atom is -0.373 e. The molecular formula is C15H29NO. The van der Waals surface area contributed by atoms with Crippen LogP contribution in [0.15, 0.2) is 0 Å². The molecular weight excluding hydrogens is 210 g/mol. The molecule has 0 aliphatic heterocycles. The molecule has 0 spiro atoms. The summed E-state index contributed by atoms with van der Waals surface area (Å²) in [4.78, 5) is 0. The molecule has 17 heavy (non-hydrogen) atoms.